The highest BCUT2D eigenvalue weighted by molar-refractivity contribution is 5.75. The molecule has 1 aliphatic carbocycles. The zero-order valence-corrected chi connectivity index (χ0v) is 14.4. The first-order valence-corrected chi connectivity index (χ1v) is 9.06. The van der Waals surface area contributed by atoms with E-state index in [-0.39, 0.29) is 24.0 Å². The van der Waals surface area contributed by atoms with Crippen LogP contribution in [0, 0.1) is 10.8 Å². The SMILES string of the molecule is OC[C@@]12CCCC[C@]1(CO)CN(c1ncncc1-c1ccccc1)C2. The van der Waals surface area contributed by atoms with Crippen molar-refractivity contribution in [3.8, 4) is 11.1 Å². The molecule has 1 saturated carbocycles. The number of hydrogen-bond acceptors (Lipinski definition) is 5. The Morgan fingerprint density at radius 2 is 1.60 bits per heavy atom. The van der Waals surface area contributed by atoms with Crippen LogP contribution in [0.5, 0.6) is 0 Å². The van der Waals surface area contributed by atoms with Crippen LogP contribution in [0.1, 0.15) is 25.7 Å². The first kappa shape index (κ1) is 16.5. The van der Waals surface area contributed by atoms with Crippen molar-refractivity contribution in [3.05, 3.63) is 42.9 Å². The molecule has 2 fully saturated rings. The summed E-state index contributed by atoms with van der Waals surface area (Å²) in [6, 6.07) is 10.2. The van der Waals surface area contributed by atoms with Gasteiger partial charge >= 0.3 is 0 Å². The predicted octanol–water partition coefficient (Wildman–Crippen LogP) is 2.50. The number of aliphatic hydroxyl groups is 2. The molecule has 5 heteroatoms. The Morgan fingerprint density at radius 1 is 0.960 bits per heavy atom. The van der Waals surface area contributed by atoms with Crippen LogP contribution in [-0.2, 0) is 0 Å². The van der Waals surface area contributed by atoms with Gasteiger partial charge in [0.1, 0.15) is 12.1 Å². The topological polar surface area (TPSA) is 69.5 Å². The van der Waals surface area contributed by atoms with E-state index in [4.69, 9.17) is 0 Å². The van der Waals surface area contributed by atoms with E-state index in [9.17, 15) is 10.2 Å². The van der Waals surface area contributed by atoms with E-state index in [2.05, 4.69) is 27.0 Å². The molecule has 0 radical (unpaired) electrons. The molecule has 2 aromatic rings. The van der Waals surface area contributed by atoms with Crippen LogP contribution in [0.2, 0.25) is 0 Å². The predicted molar refractivity (Wildman–Crippen MR) is 97.2 cm³/mol. The fourth-order valence-electron chi connectivity index (χ4n) is 4.88. The number of fused-ring (bicyclic) bond motifs is 1. The van der Waals surface area contributed by atoms with Gasteiger partial charge in [0.05, 0.1) is 13.2 Å². The van der Waals surface area contributed by atoms with E-state index in [0.717, 1.165) is 55.7 Å². The highest BCUT2D eigenvalue weighted by Crippen LogP contribution is 2.56. The summed E-state index contributed by atoms with van der Waals surface area (Å²) in [4.78, 5) is 11.1. The smallest absolute Gasteiger partial charge is 0.139 e. The van der Waals surface area contributed by atoms with Gasteiger partial charge in [-0.2, -0.15) is 0 Å². The van der Waals surface area contributed by atoms with E-state index in [0.29, 0.717) is 0 Å². The van der Waals surface area contributed by atoms with Crippen molar-refractivity contribution in [2.45, 2.75) is 25.7 Å². The Labute approximate surface area is 148 Å². The van der Waals surface area contributed by atoms with Gasteiger partial charge in [-0.25, -0.2) is 9.97 Å². The summed E-state index contributed by atoms with van der Waals surface area (Å²) in [7, 11) is 0. The molecule has 1 aliphatic heterocycles. The Morgan fingerprint density at radius 3 is 2.20 bits per heavy atom. The van der Waals surface area contributed by atoms with Crippen molar-refractivity contribution < 1.29 is 10.2 Å². The minimum absolute atomic E-state index is 0.121. The molecule has 1 aromatic heterocycles. The number of anilines is 1. The van der Waals surface area contributed by atoms with Gasteiger partial charge in [0.25, 0.3) is 0 Å². The molecule has 2 atom stereocenters. The number of benzene rings is 1. The van der Waals surface area contributed by atoms with Gasteiger partial charge in [-0.05, 0) is 18.4 Å². The third kappa shape index (κ3) is 2.53. The zero-order valence-electron chi connectivity index (χ0n) is 14.4. The minimum Gasteiger partial charge on any atom is -0.396 e. The molecule has 1 aromatic carbocycles. The van der Waals surface area contributed by atoms with Crippen molar-refractivity contribution in [1.29, 1.82) is 0 Å². The lowest BCUT2D eigenvalue weighted by Gasteiger charge is -2.46. The molecule has 0 unspecified atom stereocenters. The van der Waals surface area contributed by atoms with Crippen molar-refractivity contribution in [2.24, 2.45) is 10.8 Å². The zero-order chi connectivity index (χ0) is 17.3. The van der Waals surface area contributed by atoms with Crippen LogP contribution >= 0.6 is 0 Å². The molecular weight excluding hydrogens is 314 g/mol. The largest absolute Gasteiger partial charge is 0.396 e. The number of rotatable bonds is 4. The second-order valence-electron chi connectivity index (χ2n) is 7.57. The van der Waals surface area contributed by atoms with Gasteiger partial charge in [-0.1, -0.05) is 43.2 Å². The summed E-state index contributed by atoms with van der Waals surface area (Å²) in [5, 5.41) is 20.5. The minimum atomic E-state index is -0.237. The maximum absolute atomic E-state index is 10.2. The van der Waals surface area contributed by atoms with Gasteiger partial charge < -0.3 is 15.1 Å². The van der Waals surface area contributed by atoms with Gasteiger partial charge in [-0.3, -0.25) is 0 Å². The van der Waals surface area contributed by atoms with E-state index in [1.165, 1.54) is 0 Å². The molecule has 2 heterocycles. The molecular formula is C20H25N3O2. The van der Waals surface area contributed by atoms with E-state index in [1.54, 1.807) is 6.33 Å². The normalized spacial score (nSPS) is 28.8. The van der Waals surface area contributed by atoms with Crippen LogP contribution < -0.4 is 4.90 Å². The van der Waals surface area contributed by atoms with Crippen LogP contribution in [0.15, 0.2) is 42.9 Å². The average molecular weight is 339 g/mol. The summed E-state index contributed by atoms with van der Waals surface area (Å²) in [5.74, 6) is 0.899. The summed E-state index contributed by atoms with van der Waals surface area (Å²) in [6.45, 7) is 1.72. The summed E-state index contributed by atoms with van der Waals surface area (Å²) < 4.78 is 0. The first-order chi connectivity index (χ1) is 12.2. The van der Waals surface area contributed by atoms with Crippen LogP contribution in [0.25, 0.3) is 11.1 Å². The van der Waals surface area contributed by atoms with E-state index >= 15 is 0 Å². The highest BCUT2D eigenvalue weighted by atomic mass is 16.3. The molecule has 132 valence electrons. The highest BCUT2D eigenvalue weighted by Gasteiger charge is 2.58. The van der Waals surface area contributed by atoms with Gasteiger partial charge in [-0.15, -0.1) is 0 Å². The van der Waals surface area contributed by atoms with Crippen LogP contribution in [0.3, 0.4) is 0 Å². The first-order valence-electron chi connectivity index (χ1n) is 9.06. The van der Waals surface area contributed by atoms with Crippen LogP contribution in [-0.4, -0.2) is 46.5 Å². The van der Waals surface area contributed by atoms with Gasteiger partial charge in [0, 0.05) is 35.7 Å². The number of hydrogen-bond donors (Lipinski definition) is 2. The van der Waals surface area contributed by atoms with Crippen LogP contribution in [0.4, 0.5) is 5.82 Å². The lowest BCUT2D eigenvalue weighted by atomic mass is 9.58. The maximum atomic E-state index is 10.2. The van der Waals surface area contributed by atoms with Gasteiger partial charge in [0.2, 0.25) is 0 Å². The molecule has 0 spiro atoms. The number of aromatic nitrogens is 2. The molecule has 2 N–H and O–H groups in total. The fraction of sp³-hybridized carbons (Fsp3) is 0.500. The summed E-state index contributed by atoms with van der Waals surface area (Å²) in [6.07, 6.45) is 7.60. The van der Waals surface area contributed by atoms with Gasteiger partial charge in [0.15, 0.2) is 0 Å². The monoisotopic (exact) mass is 339 g/mol. The Balaban J connectivity index is 1.75. The number of aliphatic hydroxyl groups excluding tert-OH is 2. The lowest BCUT2D eigenvalue weighted by molar-refractivity contribution is -0.0490. The van der Waals surface area contributed by atoms with Crippen molar-refractivity contribution in [2.75, 3.05) is 31.2 Å². The fourth-order valence-corrected chi connectivity index (χ4v) is 4.88. The molecule has 0 bridgehead atoms. The summed E-state index contributed by atoms with van der Waals surface area (Å²) in [5.41, 5.74) is 1.62. The third-order valence-electron chi connectivity index (χ3n) is 6.35. The van der Waals surface area contributed by atoms with Crippen molar-refractivity contribution in [1.82, 2.24) is 9.97 Å². The molecule has 1 saturated heterocycles. The standard InChI is InChI=1S/C20H25N3O2/c24-13-19-8-4-5-9-20(19,14-25)12-23(11-19)18-17(10-21-15-22-18)16-6-2-1-3-7-16/h1-3,6-7,10,15,24-25H,4-5,8-9,11-14H2/t19-,20+. The Hall–Kier alpha value is -1.98. The molecule has 4 rings (SSSR count). The van der Waals surface area contributed by atoms with E-state index in [1.807, 2.05) is 24.4 Å². The lowest BCUT2D eigenvalue weighted by Crippen LogP contribution is -2.48. The van der Waals surface area contributed by atoms with Crippen molar-refractivity contribution >= 4 is 5.82 Å². The average Bonchev–Trinajstić information content (AvgIpc) is 3.05. The third-order valence-corrected chi connectivity index (χ3v) is 6.35. The molecule has 25 heavy (non-hydrogen) atoms. The second-order valence-corrected chi connectivity index (χ2v) is 7.57. The van der Waals surface area contributed by atoms with Crippen molar-refractivity contribution in [3.63, 3.8) is 0 Å². The number of nitrogens with zero attached hydrogens (tertiary/aromatic N) is 3. The molecule has 5 nitrogen and oxygen atoms in total. The Kier molecular flexibility index (Phi) is 4.21. The molecule has 0 amide bonds. The maximum Gasteiger partial charge on any atom is 0.139 e. The summed E-state index contributed by atoms with van der Waals surface area (Å²) >= 11 is 0. The molecule has 2 aliphatic rings. The quantitative estimate of drug-likeness (QED) is 0.896. The van der Waals surface area contributed by atoms with E-state index < -0.39 is 0 Å². The Bertz CT molecular complexity index is 717. The second kappa shape index (κ2) is 6.39.